The summed E-state index contributed by atoms with van der Waals surface area (Å²) < 4.78 is 0. The molecule has 0 bridgehead atoms. The Hall–Kier alpha value is -1.85. The van der Waals surface area contributed by atoms with E-state index in [9.17, 15) is 4.79 Å². The first-order chi connectivity index (χ1) is 15.9. The average molecular weight is 520 g/mol. The molecule has 0 spiro atoms. The first-order valence-electron chi connectivity index (χ1n) is 10.8. The maximum Gasteiger partial charge on any atom is 0.169 e. The molecular formula is C23H29N5OS4. The second-order valence-electron chi connectivity index (χ2n) is 8.23. The molecule has 0 atom stereocenters. The van der Waals surface area contributed by atoms with Crippen molar-refractivity contribution < 1.29 is 4.79 Å². The van der Waals surface area contributed by atoms with Crippen LogP contribution in [-0.4, -0.2) is 33.3 Å². The zero-order valence-corrected chi connectivity index (χ0v) is 22.8. The molecule has 176 valence electrons. The van der Waals surface area contributed by atoms with E-state index in [4.69, 9.17) is 4.98 Å². The topological polar surface area (TPSA) is 80.7 Å². The highest BCUT2D eigenvalue weighted by Gasteiger charge is 2.15. The van der Waals surface area contributed by atoms with Crippen molar-refractivity contribution in [3.8, 4) is 20.0 Å². The fraction of sp³-hybridized carbons (Fsp3) is 0.435. The Morgan fingerprint density at radius 3 is 1.88 bits per heavy atom. The van der Waals surface area contributed by atoms with Gasteiger partial charge >= 0.3 is 0 Å². The molecule has 4 aromatic heterocycles. The molecule has 0 saturated heterocycles. The number of carbonyl (C=O) groups excluding carboxylic acids is 1. The SMILES string of the molecule is CC(C)Cc1sc(-c2nccs2)nc1C=O.CNCc1nc(-c2nccs2)sc1CC(C)C. The number of rotatable bonds is 9. The Bertz CT molecular complexity index is 1110. The van der Waals surface area contributed by atoms with Gasteiger partial charge in [0.15, 0.2) is 26.3 Å². The monoisotopic (exact) mass is 519 g/mol. The molecule has 10 heteroatoms. The van der Waals surface area contributed by atoms with Crippen LogP contribution in [0.3, 0.4) is 0 Å². The number of nitrogens with zero attached hydrogens (tertiary/aromatic N) is 4. The molecule has 4 aromatic rings. The number of thiazole rings is 4. The lowest BCUT2D eigenvalue weighted by Gasteiger charge is -2.03. The third-order valence-electron chi connectivity index (χ3n) is 4.38. The van der Waals surface area contributed by atoms with Crippen molar-refractivity contribution in [3.05, 3.63) is 44.3 Å². The van der Waals surface area contributed by atoms with Gasteiger partial charge in [-0.1, -0.05) is 27.7 Å². The molecule has 4 rings (SSSR count). The van der Waals surface area contributed by atoms with Gasteiger partial charge in [0.25, 0.3) is 0 Å². The van der Waals surface area contributed by atoms with Crippen LogP contribution in [0.25, 0.3) is 20.0 Å². The first kappa shape index (κ1) is 25.8. The van der Waals surface area contributed by atoms with Gasteiger partial charge in [-0.15, -0.1) is 45.3 Å². The maximum absolute atomic E-state index is 10.9. The summed E-state index contributed by atoms with van der Waals surface area (Å²) in [5, 5.41) is 10.9. The summed E-state index contributed by atoms with van der Waals surface area (Å²) in [6, 6.07) is 0. The molecule has 0 aromatic carbocycles. The maximum atomic E-state index is 10.9. The molecule has 0 radical (unpaired) electrons. The van der Waals surface area contributed by atoms with Crippen LogP contribution >= 0.6 is 45.3 Å². The van der Waals surface area contributed by atoms with Gasteiger partial charge in [0, 0.05) is 39.5 Å². The van der Waals surface area contributed by atoms with Gasteiger partial charge in [0.2, 0.25) is 0 Å². The Balaban J connectivity index is 0.000000186. The Kier molecular flexibility index (Phi) is 9.81. The van der Waals surface area contributed by atoms with Crippen molar-refractivity contribution in [3.63, 3.8) is 0 Å². The van der Waals surface area contributed by atoms with Gasteiger partial charge in [-0.05, 0) is 31.7 Å². The fourth-order valence-electron chi connectivity index (χ4n) is 3.03. The van der Waals surface area contributed by atoms with E-state index in [2.05, 4.69) is 48.0 Å². The Labute approximate surface area is 211 Å². The minimum atomic E-state index is 0.531. The highest BCUT2D eigenvalue weighted by molar-refractivity contribution is 7.21. The van der Waals surface area contributed by atoms with Crippen LogP contribution < -0.4 is 5.32 Å². The Morgan fingerprint density at radius 2 is 1.39 bits per heavy atom. The molecule has 0 unspecified atom stereocenters. The van der Waals surface area contributed by atoms with Crippen LogP contribution in [0, 0.1) is 11.8 Å². The minimum Gasteiger partial charge on any atom is -0.314 e. The van der Waals surface area contributed by atoms with Gasteiger partial charge in [-0.25, -0.2) is 19.9 Å². The van der Waals surface area contributed by atoms with E-state index in [1.54, 1.807) is 51.5 Å². The van der Waals surface area contributed by atoms with Crippen LogP contribution in [-0.2, 0) is 19.4 Å². The van der Waals surface area contributed by atoms with E-state index < -0.39 is 0 Å². The summed E-state index contributed by atoms with van der Waals surface area (Å²) in [6.07, 6.45) is 6.42. The van der Waals surface area contributed by atoms with Crippen molar-refractivity contribution in [2.24, 2.45) is 11.8 Å². The molecule has 1 N–H and O–H groups in total. The van der Waals surface area contributed by atoms with E-state index in [0.717, 1.165) is 50.6 Å². The van der Waals surface area contributed by atoms with Crippen LogP contribution in [0.2, 0.25) is 0 Å². The molecule has 0 aliphatic rings. The summed E-state index contributed by atoms with van der Waals surface area (Å²) in [7, 11) is 1.96. The zero-order chi connectivity index (χ0) is 23.8. The molecular weight excluding hydrogens is 491 g/mol. The Morgan fingerprint density at radius 1 is 0.848 bits per heavy atom. The molecule has 0 amide bonds. The third-order valence-corrected chi connectivity index (χ3v) is 8.42. The van der Waals surface area contributed by atoms with Crippen LogP contribution in [0.1, 0.15) is 53.6 Å². The molecule has 0 saturated carbocycles. The minimum absolute atomic E-state index is 0.531. The number of carbonyl (C=O) groups is 1. The highest BCUT2D eigenvalue weighted by Crippen LogP contribution is 2.31. The number of nitrogens with one attached hydrogen (secondary N) is 1. The van der Waals surface area contributed by atoms with Gasteiger partial charge < -0.3 is 5.32 Å². The van der Waals surface area contributed by atoms with Crippen molar-refractivity contribution in [1.29, 1.82) is 0 Å². The van der Waals surface area contributed by atoms with Crippen LogP contribution in [0.4, 0.5) is 0 Å². The van der Waals surface area contributed by atoms with E-state index in [-0.39, 0.29) is 0 Å². The number of aldehydes is 1. The summed E-state index contributed by atoms with van der Waals surface area (Å²) in [6.45, 7) is 9.59. The molecule has 33 heavy (non-hydrogen) atoms. The largest absolute Gasteiger partial charge is 0.314 e. The number of hydrogen-bond donors (Lipinski definition) is 1. The van der Waals surface area contributed by atoms with E-state index in [1.807, 2.05) is 24.0 Å². The lowest BCUT2D eigenvalue weighted by molar-refractivity contribution is 0.111. The van der Waals surface area contributed by atoms with Gasteiger partial charge in [0.05, 0.1) is 5.69 Å². The lowest BCUT2D eigenvalue weighted by Crippen LogP contribution is -2.08. The summed E-state index contributed by atoms with van der Waals surface area (Å²) >= 11 is 6.56. The van der Waals surface area contributed by atoms with Crippen molar-refractivity contribution >= 4 is 51.6 Å². The van der Waals surface area contributed by atoms with Gasteiger partial charge in [-0.3, -0.25) is 4.79 Å². The zero-order valence-electron chi connectivity index (χ0n) is 19.5. The van der Waals surface area contributed by atoms with Gasteiger partial charge in [0.1, 0.15) is 5.69 Å². The predicted octanol–water partition coefficient (Wildman–Crippen LogP) is 6.46. The third kappa shape index (κ3) is 7.31. The van der Waals surface area contributed by atoms with Crippen LogP contribution in [0.5, 0.6) is 0 Å². The number of hydrogen-bond acceptors (Lipinski definition) is 10. The predicted molar refractivity (Wildman–Crippen MR) is 142 cm³/mol. The lowest BCUT2D eigenvalue weighted by atomic mass is 10.1. The van der Waals surface area contributed by atoms with Gasteiger partial charge in [-0.2, -0.15) is 0 Å². The first-order valence-corrected chi connectivity index (χ1v) is 14.2. The van der Waals surface area contributed by atoms with E-state index >= 15 is 0 Å². The summed E-state index contributed by atoms with van der Waals surface area (Å²) in [4.78, 5) is 30.9. The molecule has 4 heterocycles. The fourth-order valence-corrected chi connectivity index (χ4v) is 6.92. The molecule has 0 aliphatic carbocycles. The van der Waals surface area contributed by atoms with Crippen molar-refractivity contribution in [2.45, 2.75) is 47.1 Å². The summed E-state index contributed by atoms with van der Waals surface area (Å²) in [5.41, 5.74) is 1.75. The smallest absolute Gasteiger partial charge is 0.169 e. The standard InChI is InChI=1S/C12H17N3S2.C11H12N2OS2/c1-8(2)6-10-9(7-13-3)15-12(17-10)11-14-4-5-16-11;1-7(2)5-9-8(6-14)13-11(16-9)10-12-3-4-15-10/h4-5,8,13H,6-7H2,1-3H3;3-4,6-7H,5H2,1-2H3. The second kappa shape index (κ2) is 12.6. The van der Waals surface area contributed by atoms with E-state index in [1.165, 1.54) is 10.6 Å². The highest BCUT2D eigenvalue weighted by atomic mass is 32.1. The number of aromatic nitrogens is 4. The summed E-state index contributed by atoms with van der Waals surface area (Å²) in [5.74, 6) is 1.19. The molecule has 6 nitrogen and oxygen atoms in total. The average Bonchev–Trinajstić information content (AvgIpc) is 3.55. The van der Waals surface area contributed by atoms with E-state index in [0.29, 0.717) is 17.5 Å². The quantitative estimate of drug-likeness (QED) is 0.256. The molecule has 0 aliphatic heterocycles. The second-order valence-corrected chi connectivity index (χ2v) is 12.2. The van der Waals surface area contributed by atoms with Crippen LogP contribution in [0.15, 0.2) is 23.2 Å². The van der Waals surface area contributed by atoms with Crippen molar-refractivity contribution in [2.75, 3.05) is 7.05 Å². The van der Waals surface area contributed by atoms with Crippen molar-refractivity contribution in [1.82, 2.24) is 25.3 Å². The normalized spacial score (nSPS) is 11.1. The molecule has 0 fully saturated rings.